The molecule has 4 nitrogen and oxygen atoms in total. The van der Waals surface area contributed by atoms with E-state index in [1.807, 2.05) is 6.92 Å². The Morgan fingerprint density at radius 2 is 1.86 bits per heavy atom. The van der Waals surface area contributed by atoms with Gasteiger partial charge in [0.15, 0.2) is 0 Å². The monoisotopic (exact) mass is 310 g/mol. The van der Waals surface area contributed by atoms with E-state index in [9.17, 15) is 8.42 Å². The summed E-state index contributed by atoms with van der Waals surface area (Å²) < 4.78 is 25.7. The maximum absolute atomic E-state index is 12.0. The molecule has 0 amide bonds. The number of nitrogens with zero attached hydrogens (tertiary/aromatic N) is 1. The Balaban J connectivity index is 1.91. The van der Waals surface area contributed by atoms with Crippen LogP contribution in [0.5, 0.6) is 0 Å². The summed E-state index contributed by atoms with van der Waals surface area (Å²) in [7, 11) is -3.04. The molecule has 2 rings (SSSR count). The van der Waals surface area contributed by atoms with Gasteiger partial charge in [-0.3, -0.25) is 0 Å². The number of nitrogens with one attached hydrogen (secondary N) is 1. The van der Waals surface area contributed by atoms with Crippen LogP contribution in [-0.4, -0.2) is 37.6 Å². The van der Waals surface area contributed by atoms with Crippen molar-refractivity contribution in [3.8, 4) is 0 Å². The van der Waals surface area contributed by atoms with Crippen LogP contribution in [0.1, 0.15) is 37.3 Å². The van der Waals surface area contributed by atoms with Gasteiger partial charge in [0.1, 0.15) is 0 Å². The zero-order valence-electron chi connectivity index (χ0n) is 13.2. The lowest BCUT2D eigenvalue weighted by molar-refractivity contribution is 0.329. The van der Waals surface area contributed by atoms with Gasteiger partial charge in [-0.2, -0.15) is 0 Å². The van der Waals surface area contributed by atoms with Gasteiger partial charge in [-0.15, -0.1) is 0 Å². The van der Waals surface area contributed by atoms with Crippen molar-refractivity contribution in [2.45, 2.75) is 46.1 Å². The van der Waals surface area contributed by atoms with E-state index in [1.165, 1.54) is 11.1 Å². The minimum absolute atomic E-state index is 0.266. The second kappa shape index (κ2) is 6.79. The Labute approximate surface area is 128 Å². The van der Waals surface area contributed by atoms with E-state index in [2.05, 4.69) is 37.4 Å². The van der Waals surface area contributed by atoms with Crippen molar-refractivity contribution in [2.75, 3.05) is 24.2 Å². The average molecular weight is 310 g/mol. The van der Waals surface area contributed by atoms with Gasteiger partial charge >= 0.3 is 0 Å². The Kier molecular flexibility index (Phi) is 5.27. The Bertz CT molecular complexity index is 576. The van der Waals surface area contributed by atoms with Crippen LogP contribution in [0, 0.1) is 13.8 Å². The average Bonchev–Trinajstić information content (AvgIpc) is 2.43. The molecule has 1 aliphatic heterocycles. The second-order valence-electron chi connectivity index (χ2n) is 5.93. The van der Waals surface area contributed by atoms with Crippen LogP contribution in [0.4, 0.5) is 5.69 Å². The van der Waals surface area contributed by atoms with Crippen LogP contribution in [0.25, 0.3) is 0 Å². The molecule has 1 heterocycles. The summed E-state index contributed by atoms with van der Waals surface area (Å²) in [6.07, 6.45) is 2.43. The summed E-state index contributed by atoms with van der Waals surface area (Å²) in [5, 5.41) is 3.53. The predicted octanol–water partition coefficient (Wildman–Crippen LogP) is 2.92. The van der Waals surface area contributed by atoms with Crippen LogP contribution >= 0.6 is 0 Å². The topological polar surface area (TPSA) is 49.4 Å². The molecule has 1 fully saturated rings. The first kappa shape index (κ1) is 16.3. The van der Waals surface area contributed by atoms with Gasteiger partial charge in [0.25, 0.3) is 0 Å². The minimum Gasteiger partial charge on any atom is -0.382 e. The maximum Gasteiger partial charge on any atom is 0.214 e. The molecule has 118 valence electrons. The highest BCUT2D eigenvalue weighted by atomic mass is 32.2. The highest BCUT2D eigenvalue weighted by molar-refractivity contribution is 7.89. The van der Waals surface area contributed by atoms with Gasteiger partial charge in [0.05, 0.1) is 5.75 Å². The van der Waals surface area contributed by atoms with Gasteiger partial charge in [-0.25, -0.2) is 12.7 Å². The lowest BCUT2D eigenvalue weighted by atomic mass is 10.0. The van der Waals surface area contributed by atoms with Crippen molar-refractivity contribution in [3.63, 3.8) is 0 Å². The van der Waals surface area contributed by atoms with Gasteiger partial charge in [0.2, 0.25) is 10.0 Å². The van der Waals surface area contributed by atoms with Crippen LogP contribution in [0.15, 0.2) is 18.2 Å². The Morgan fingerprint density at radius 3 is 2.43 bits per heavy atom. The number of hydrogen-bond donors (Lipinski definition) is 1. The standard InChI is InChI=1S/C16H26N2O2S/c1-4-11-21(19,20)18-9-7-15(8-10-18)17-16-6-5-13(2)14(3)12-16/h5-6,12,15,17H,4,7-11H2,1-3H3. The molecular formula is C16H26N2O2S. The molecule has 0 bridgehead atoms. The number of sulfonamides is 1. The molecule has 1 aliphatic rings. The highest BCUT2D eigenvalue weighted by Crippen LogP contribution is 2.21. The van der Waals surface area contributed by atoms with E-state index < -0.39 is 10.0 Å². The smallest absolute Gasteiger partial charge is 0.214 e. The Morgan fingerprint density at radius 1 is 1.19 bits per heavy atom. The molecule has 0 unspecified atom stereocenters. The van der Waals surface area contributed by atoms with Gasteiger partial charge in [0, 0.05) is 24.8 Å². The zero-order chi connectivity index (χ0) is 15.5. The molecular weight excluding hydrogens is 284 g/mol. The van der Waals surface area contributed by atoms with Crippen molar-refractivity contribution in [1.29, 1.82) is 0 Å². The maximum atomic E-state index is 12.0. The van der Waals surface area contributed by atoms with Crippen molar-refractivity contribution in [3.05, 3.63) is 29.3 Å². The van der Waals surface area contributed by atoms with Crippen LogP contribution in [0.2, 0.25) is 0 Å². The summed E-state index contributed by atoms with van der Waals surface area (Å²) in [6, 6.07) is 6.75. The normalized spacial score (nSPS) is 17.9. The third-order valence-corrected chi connectivity index (χ3v) is 6.26. The van der Waals surface area contributed by atoms with Crippen LogP contribution in [-0.2, 0) is 10.0 Å². The number of piperidine rings is 1. The van der Waals surface area contributed by atoms with E-state index in [4.69, 9.17) is 0 Å². The molecule has 1 saturated heterocycles. The molecule has 1 N–H and O–H groups in total. The van der Waals surface area contributed by atoms with E-state index >= 15 is 0 Å². The summed E-state index contributed by atoms with van der Waals surface area (Å²) >= 11 is 0. The fourth-order valence-electron chi connectivity index (χ4n) is 2.73. The first-order chi connectivity index (χ1) is 9.92. The second-order valence-corrected chi connectivity index (χ2v) is 8.02. The number of aryl methyl sites for hydroxylation is 2. The first-order valence-corrected chi connectivity index (χ1v) is 9.35. The number of hydrogen-bond acceptors (Lipinski definition) is 3. The van der Waals surface area contributed by atoms with Crippen LogP contribution < -0.4 is 5.32 Å². The van der Waals surface area contributed by atoms with Gasteiger partial charge < -0.3 is 5.32 Å². The van der Waals surface area contributed by atoms with Crippen molar-refractivity contribution < 1.29 is 8.42 Å². The number of anilines is 1. The van der Waals surface area contributed by atoms with Crippen LogP contribution in [0.3, 0.4) is 0 Å². The molecule has 1 aromatic carbocycles. The third kappa shape index (κ3) is 4.20. The molecule has 0 radical (unpaired) electrons. The quantitative estimate of drug-likeness (QED) is 0.909. The molecule has 1 aromatic rings. The minimum atomic E-state index is -3.04. The molecule has 0 atom stereocenters. The van der Waals surface area contributed by atoms with Crippen molar-refractivity contribution >= 4 is 15.7 Å². The van der Waals surface area contributed by atoms with E-state index in [-0.39, 0.29) is 5.75 Å². The largest absolute Gasteiger partial charge is 0.382 e. The fraction of sp³-hybridized carbons (Fsp3) is 0.625. The van der Waals surface area contributed by atoms with Gasteiger partial charge in [-0.05, 0) is 56.4 Å². The lowest BCUT2D eigenvalue weighted by Crippen LogP contribution is -2.43. The third-order valence-electron chi connectivity index (χ3n) is 4.19. The van der Waals surface area contributed by atoms with E-state index in [1.54, 1.807) is 4.31 Å². The molecule has 0 aromatic heterocycles. The van der Waals surface area contributed by atoms with Crippen molar-refractivity contribution in [1.82, 2.24) is 4.31 Å². The lowest BCUT2D eigenvalue weighted by Gasteiger charge is -2.32. The van der Waals surface area contributed by atoms with E-state index in [0.29, 0.717) is 25.6 Å². The number of benzene rings is 1. The summed E-state index contributed by atoms with van der Waals surface area (Å²) in [5.74, 6) is 0.266. The summed E-state index contributed by atoms with van der Waals surface area (Å²) in [5.41, 5.74) is 3.71. The summed E-state index contributed by atoms with van der Waals surface area (Å²) in [6.45, 7) is 7.39. The molecule has 5 heteroatoms. The fourth-order valence-corrected chi connectivity index (χ4v) is 4.27. The first-order valence-electron chi connectivity index (χ1n) is 7.74. The molecule has 21 heavy (non-hydrogen) atoms. The van der Waals surface area contributed by atoms with Crippen molar-refractivity contribution in [2.24, 2.45) is 0 Å². The van der Waals surface area contributed by atoms with E-state index in [0.717, 1.165) is 18.5 Å². The summed E-state index contributed by atoms with van der Waals surface area (Å²) in [4.78, 5) is 0. The molecule has 0 spiro atoms. The van der Waals surface area contributed by atoms with Gasteiger partial charge in [-0.1, -0.05) is 13.0 Å². The highest BCUT2D eigenvalue weighted by Gasteiger charge is 2.27. The number of rotatable bonds is 5. The Hall–Kier alpha value is -1.07. The molecule has 0 aliphatic carbocycles. The SMILES string of the molecule is CCCS(=O)(=O)N1CCC(Nc2ccc(C)c(C)c2)CC1. The zero-order valence-corrected chi connectivity index (χ0v) is 14.0. The molecule has 0 saturated carbocycles. The predicted molar refractivity (Wildman–Crippen MR) is 88.2 cm³/mol.